The van der Waals surface area contributed by atoms with Crippen LogP contribution in [0.15, 0.2) is 35.2 Å². The SMILES string of the molecule is CC(C)NC(CCCCN(C)C)CSc1ccccc1. The lowest BCUT2D eigenvalue weighted by Gasteiger charge is -2.21. The van der Waals surface area contributed by atoms with Crippen molar-refractivity contribution in [3.8, 4) is 0 Å². The Morgan fingerprint density at radius 1 is 1.10 bits per heavy atom. The van der Waals surface area contributed by atoms with Gasteiger partial charge in [-0.1, -0.05) is 38.5 Å². The van der Waals surface area contributed by atoms with E-state index in [0.29, 0.717) is 12.1 Å². The number of nitrogens with zero attached hydrogens (tertiary/aromatic N) is 1. The summed E-state index contributed by atoms with van der Waals surface area (Å²) in [6, 6.07) is 11.9. The molecule has 0 radical (unpaired) electrons. The number of nitrogens with one attached hydrogen (secondary N) is 1. The molecule has 0 aliphatic rings. The second-order valence-electron chi connectivity index (χ2n) is 5.94. The van der Waals surface area contributed by atoms with Crippen molar-refractivity contribution >= 4 is 11.8 Å². The molecule has 0 amide bonds. The fraction of sp³-hybridized carbons (Fsp3) is 0.647. The minimum absolute atomic E-state index is 0.560. The molecule has 0 heterocycles. The number of rotatable bonds is 10. The Labute approximate surface area is 129 Å². The van der Waals surface area contributed by atoms with Gasteiger partial charge >= 0.3 is 0 Å². The van der Waals surface area contributed by atoms with Crippen LogP contribution in [0.1, 0.15) is 33.1 Å². The number of unbranched alkanes of at least 4 members (excludes halogenated alkanes) is 1. The summed E-state index contributed by atoms with van der Waals surface area (Å²) < 4.78 is 0. The van der Waals surface area contributed by atoms with E-state index in [1.807, 2.05) is 11.8 Å². The van der Waals surface area contributed by atoms with Gasteiger partial charge in [0.2, 0.25) is 0 Å². The third-order valence-corrected chi connectivity index (χ3v) is 4.35. The van der Waals surface area contributed by atoms with Gasteiger partial charge in [0.25, 0.3) is 0 Å². The van der Waals surface area contributed by atoms with E-state index in [9.17, 15) is 0 Å². The summed E-state index contributed by atoms with van der Waals surface area (Å²) in [7, 11) is 4.30. The molecule has 1 aromatic rings. The highest BCUT2D eigenvalue weighted by molar-refractivity contribution is 7.99. The van der Waals surface area contributed by atoms with Crippen LogP contribution in [0, 0.1) is 0 Å². The summed E-state index contributed by atoms with van der Waals surface area (Å²) in [5, 5.41) is 3.70. The molecule has 20 heavy (non-hydrogen) atoms. The lowest BCUT2D eigenvalue weighted by molar-refractivity contribution is 0.378. The highest BCUT2D eigenvalue weighted by Gasteiger charge is 2.10. The number of thioether (sulfide) groups is 1. The zero-order chi connectivity index (χ0) is 14.8. The first-order chi connectivity index (χ1) is 9.58. The summed E-state index contributed by atoms with van der Waals surface area (Å²) in [6.45, 7) is 5.67. The first kappa shape index (κ1) is 17.5. The summed E-state index contributed by atoms with van der Waals surface area (Å²) >= 11 is 1.96. The smallest absolute Gasteiger partial charge is 0.0164 e. The van der Waals surface area contributed by atoms with Gasteiger partial charge in [0.1, 0.15) is 0 Å². The van der Waals surface area contributed by atoms with Crippen molar-refractivity contribution in [2.75, 3.05) is 26.4 Å². The van der Waals surface area contributed by atoms with Crippen LogP contribution in [0.4, 0.5) is 0 Å². The Morgan fingerprint density at radius 3 is 2.40 bits per heavy atom. The largest absolute Gasteiger partial charge is 0.311 e. The molecular formula is C17H30N2S. The van der Waals surface area contributed by atoms with Crippen molar-refractivity contribution < 1.29 is 0 Å². The molecule has 1 N–H and O–H groups in total. The number of hydrogen-bond acceptors (Lipinski definition) is 3. The van der Waals surface area contributed by atoms with Crippen LogP contribution in [-0.4, -0.2) is 43.4 Å². The van der Waals surface area contributed by atoms with E-state index in [2.05, 4.69) is 68.5 Å². The van der Waals surface area contributed by atoms with E-state index < -0.39 is 0 Å². The second kappa shape index (κ2) is 10.3. The van der Waals surface area contributed by atoms with Crippen molar-refractivity contribution in [2.24, 2.45) is 0 Å². The fourth-order valence-corrected chi connectivity index (χ4v) is 3.22. The maximum Gasteiger partial charge on any atom is 0.0164 e. The molecule has 114 valence electrons. The van der Waals surface area contributed by atoms with Gasteiger partial charge < -0.3 is 10.2 Å². The Kier molecular flexibility index (Phi) is 8.99. The summed E-state index contributed by atoms with van der Waals surface area (Å²) in [4.78, 5) is 3.64. The second-order valence-corrected chi connectivity index (χ2v) is 7.03. The highest BCUT2D eigenvalue weighted by atomic mass is 32.2. The molecule has 0 saturated heterocycles. The van der Waals surface area contributed by atoms with Gasteiger partial charge in [0.05, 0.1) is 0 Å². The minimum atomic E-state index is 0.560. The Morgan fingerprint density at radius 2 is 1.80 bits per heavy atom. The number of hydrogen-bond donors (Lipinski definition) is 1. The molecule has 3 heteroatoms. The van der Waals surface area contributed by atoms with Gasteiger partial charge in [-0.2, -0.15) is 0 Å². The molecule has 1 atom stereocenters. The summed E-state index contributed by atoms with van der Waals surface area (Å²) in [5.41, 5.74) is 0. The van der Waals surface area contributed by atoms with Crippen LogP contribution in [0.25, 0.3) is 0 Å². The lowest BCUT2D eigenvalue weighted by atomic mass is 10.1. The van der Waals surface area contributed by atoms with Crippen LogP contribution in [-0.2, 0) is 0 Å². The first-order valence-corrected chi connectivity index (χ1v) is 8.65. The van der Waals surface area contributed by atoms with Crippen molar-refractivity contribution in [3.63, 3.8) is 0 Å². The van der Waals surface area contributed by atoms with Gasteiger partial charge in [-0.15, -0.1) is 11.8 Å². The molecule has 0 saturated carbocycles. The maximum absolute atomic E-state index is 3.70. The molecular weight excluding hydrogens is 264 g/mol. The quantitative estimate of drug-likeness (QED) is 0.521. The topological polar surface area (TPSA) is 15.3 Å². The summed E-state index contributed by atoms with van der Waals surface area (Å²) in [5.74, 6) is 1.16. The molecule has 2 nitrogen and oxygen atoms in total. The van der Waals surface area contributed by atoms with E-state index in [4.69, 9.17) is 0 Å². The van der Waals surface area contributed by atoms with Crippen LogP contribution in [0.3, 0.4) is 0 Å². The maximum atomic E-state index is 3.70. The van der Waals surface area contributed by atoms with Crippen LogP contribution in [0.5, 0.6) is 0 Å². The normalized spacial score (nSPS) is 13.1. The molecule has 0 aliphatic heterocycles. The fourth-order valence-electron chi connectivity index (χ4n) is 2.22. The van der Waals surface area contributed by atoms with Crippen molar-refractivity contribution in [2.45, 2.75) is 50.1 Å². The molecule has 1 unspecified atom stereocenters. The van der Waals surface area contributed by atoms with Crippen molar-refractivity contribution in [3.05, 3.63) is 30.3 Å². The van der Waals surface area contributed by atoms with Crippen molar-refractivity contribution in [1.82, 2.24) is 10.2 Å². The molecule has 1 rings (SSSR count). The van der Waals surface area contributed by atoms with E-state index in [0.717, 1.165) is 5.75 Å². The number of benzene rings is 1. The zero-order valence-electron chi connectivity index (χ0n) is 13.4. The Balaban J connectivity index is 2.31. The third-order valence-electron chi connectivity index (χ3n) is 3.17. The van der Waals surface area contributed by atoms with Gasteiger partial charge in [-0.3, -0.25) is 0 Å². The predicted molar refractivity (Wildman–Crippen MR) is 91.6 cm³/mol. The third kappa shape index (κ3) is 8.62. The Bertz CT molecular complexity index is 338. The highest BCUT2D eigenvalue weighted by Crippen LogP contribution is 2.19. The van der Waals surface area contributed by atoms with E-state index in [-0.39, 0.29) is 0 Å². The van der Waals surface area contributed by atoms with Gasteiger partial charge in [-0.05, 0) is 45.6 Å². The average molecular weight is 295 g/mol. The molecule has 0 aliphatic carbocycles. The molecule has 0 spiro atoms. The molecule has 0 bridgehead atoms. The lowest BCUT2D eigenvalue weighted by Crippen LogP contribution is -2.36. The van der Waals surface area contributed by atoms with Crippen LogP contribution in [0.2, 0.25) is 0 Å². The van der Waals surface area contributed by atoms with Gasteiger partial charge in [-0.25, -0.2) is 0 Å². The predicted octanol–water partition coefficient (Wildman–Crippen LogP) is 3.88. The molecule has 0 fully saturated rings. The van der Waals surface area contributed by atoms with Crippen LogP contribution >= 0.6 is 11.8 Å². The van der Waals surface area contributed by atoms with Gasteiger partial charge in [0.15, 0.2) is 0 Å². The van der Waals surface area contributed by atoms with E-state index in [1.54, 1.807) is 0 Å². The molecule has 0 aromatic heterocycles. The van der Waals surface area contributed by atoms with E-state index >= 15 is 0 Å². The minimum Gasteiger partial charge on any atom is -0.311 e. The van der Waals surface area contributed by atoms with E-state index in [1.165, 1.54) is 30.7 Å². The van der Waals surface area contributed by atoms with Gasteiger partial charge in [0, 0.05) is 22.7 Å². The molecule has 1 aromatic carbocycles. The summed E-state index contributed by atoms with van der Waals surface area (Å²) in [6.07, 6.45) is 3.86. The zero-order valence-corrected chi connectivity index (χ0v) is 14.2. The van der Waals surface area contributed by atoms with Crippen molar-refractivity contribution in [1.29, 1.82) is 0 Å². The monoisotopic (exact) mass is 294 g/mol. The first-order valence-electron chi connectivity index (χ1n) is 7.66. The standard InChI is InChI=1S/C17H30N2S/c1-15(2)18-16(10-8-9-13-19(3)4)14-20-17-11-6-5-7-12-17/h5-7,11-12,15-16,18H,8-10,13-14H2,1-4H3. The van der Waals surface area contributed by atoms with Crippen LogP contribution < -0.4 is 5.32 Å². The average Bonchev–Trinajstić information content (AvgIpc) is 2.41. The Hall–Kier alpha value is -0.510.